The molecule has 0 fully saturated rings. The number of hydrogen-bond donors (Lipinski definition) is 1. The highest BCUT2D eigenvalue weighted by Crippen LogP contribution is 2.32. The van der Waals surface area contributed by atoms with Crippen molar-refractivity contribution in [2.45, 2.75) is 50.0 Å². The molecule has 0 radical (unpaired) electrons. The molecule has 26 heavy (non-hydrogen) atoms. The van der Waals surface area contributed by atoms with Crippen molar-refractivity contribution >= 4 is 11.8 Å². The maximum Gasteiger partial charge on any atom is 0.132 e. The van der Waals surface area contributed by atoms with Crippen LogP contribution in [-0.2, 0) is 12.8 Å². The Kier molecular flexibility index (Phi) is 6.66. The van der Waals surface area contributed by atoms with Crippen molar-refractivity contribution in [1.82, 2.24) is 5.32 Å². The smallest absolute Gasteiger partial charge is 0.132 e. The summed E-state index contributed by atoms with van der Waals surface area (Å²) < 4.78 is 5.96. The van der Waals surface area contributed by atoms with Gasteiger partial charge in [0, 0.05) is 10.4 Å². The molecule has 2 aromatic carbocycles. The van der Waals surface area contributed by atoms with Gasteiger partial charge in [-0.25, -0.2) is 0 Å². The summed E-state index contributed by atoms with van der Waals surface area (Å²) in [4.78, 5) is 1.21. The van der Waals surface area contributed by atoms with Gasteiger partial charge in [-0.05, 0) is 81.5 Å². The summed E-state index contributed by atoms with van der Waals surface area (Å²) in [5.41, 5.74) is 3.27. The van der Waals surface area contributed by atoms with Gasteiger partial charge < -0.3 is 10.1 Å². The van der Waals surface area contributed by atoms with Crippen LogP contribution in [0, 0.1) is 5.92 Å². The minimum absolute atomic E-state index is 0.171. The molecular weight excluding hydrogens is 338 g/mol. The molecule has 0 heterocycles. The molecule has 1 N–H and O–H groups in total. The molecule has 140 valence electrons. The minimum Gasteiger partial charge on any atom is -0.492 e. The normalized spacial score (nSPS) is 14.4. The molecule has 1 aliphatic rings. The van der Waals surface area contributed by atoms with Crippen molar-refractivity contribution in [2.75, 3.05) is 19.4 Å². The average molecular weight is 370 g/mol. The molecule has 0 unspecified atom stereocenters. The minimum atomic E-state index is 0.171. The van der Waals surface area contributed by atoms with Crippen LogP contribution in [0.2, 0.25) is 0 Å². The van der Waals surface area contributed by atoms with Gasteiger partial charge in [-0.3, -0.25) is 0 Å². The lowest BCUT2D eigenvalue weighted by Crippen LogP contribution is -2.42. The third-order valence-corrected chi connectivity index (χ3v) is 5.96. The largest absolute Gasteiger partial charge is 0.492 e. The number of nitrogens with one attached hydrogen (secondary N) is 1. The third kappa shape index (κ3) is 5.28. The summed E-state index contributed by atoms with van der Waals surface area (Å²) >= 11 is 1.74. The molecule has 0 aromatic heterocycles. The molecule has 0 saturated carbocycles. The molecule has 3 heteroatoms. The number of benzene rings is 2. The number of rotatable bonds is 9. The van der Waals surface area contributed by atoms with E-state index in [0.717, 1.165) is 31.2 Å². The Labute approximate surface area is 162 Å². The second-order valence-corrected chi connectivity index (χ2v) is 8.76. The second kappa shape index (κ2) is 8.96. The van der Waals surface area contributed by atoms with E-state index < -0.39 is 0 Å². The monoisotopic (exact) mass is 369 g/mol. The van der Waals surface area contributed by atoms with Gasteiger partial charge >= 0.3 is 0 Å². The van der Waals surface area contributed by atoms with Gasteiger partial charge in [0.25, 0.3) is 0 Å². The van der Waals surface area contributed by atoms with E-state index in [-0.39, 0.29) is 5.54 Å². The van der Waals surface area contributed by atoms with E-state index in [1.807, 2.05) is 6.07 Å². The predicted molar refractivity (Wildman–Crippen MR) is 112 cm³/mol. The molecule has 0 atom stereocenters. The molecule has 2 nitrogen and oxygen atoms in total. The number of para-hydroxylation sites is 1. The molecule has 3 rings (SSSR count). The molecule has 1 aliphatic carbocycles. The fourth-order valence-corrected chi connectivity index (χ4v) is 4.55. The van der Waals surface area contributed by atoms with E-state index in [0.29, 0.717) is 0 Å². The van der Waals surface area contributed by atoms with Crippen LogP contribution in [0.15, 0.2) is 53.4 Å². The lowest BCUT2D eigenvalue weighted by molar-refractivity contribution is 0.269. The topological polar surface area (TPSA) is 21.3 Å². The Morgan fingerprint density at radius 2 is 1.69 bits per heavy atom. The Balaban J connectivity index is 1.38. The Morgan fingerprint density at radius 1 is 1.04 bits per heavy atom. The summed E-state index contributed by atoms with van der Waals surface area (Å²) in [6.07, 6.45) is 6.80. The fraction of sp³-hybridized carbons (Fsp3) is 0.478. The van der Waals surface area contributed by atoms with Gasteiger partial charge in [0.05, 0.1) is 6.61 Å². The van der Waals surface area contributed by atoms with Gasteiger partial charge in [-0.15, -0.1) is 11.8 Å². The average Bonchev–Trinajstić information content (AvgIpc) is 3.03. The fourth-order valence-electron chi connectivity index (χ4n) is 4.01. The zero-order valence-electron chi connectivity index (χ0n) is 16.3. The maximum absolute atomic E-state index is 5.96. The summed E-state index contributed by atoms with van der Waals surface area (Å²) in [5.74, 6) is 1.77. The molecule has 0 amide bonds. The van der Waals surface area contributed by atoms with E-state index in [2.05, 4.69) is 67.9 Å². The van der Waals surface area contributed by atoms with Crippen molar-refractivity contribution in [2.24, 2.45) is 5.92 Å². The van der Waals surface area contributed by atoms with Crippen LogP contribution in [0.25, 0.3) is 0 Å². The summed E-state index contributed by atoms with van der Waals surface area (Å²) in [6, 6.07) is 17.2. The van der Waals surface area contributed by atoms with E-state index in [1.165, 1.54) is 24.2 Å². The number of fused-ring (bicyclic) bond motifs is 1. The standard InChI is InChI=1S/C23H31NOS/c1-23(2,17-18-15-19-9-4-5-10-20(19)16-18)24-13-8-14-25-21-11-6-7-12-22(21)26-3/h4-7,9-12,18,24H,8,13-17H2,1-3H3. The SMILES string of the molecule is CSc1ccccc1OCCCNC(C)(C)CC1Cc2ccccc2C1. The number of ether oxygens (including phenoxy) is 1. The van der Waals surface area contributed by atoms with Crippen molar-refractivity contribution < 1.29 is 4.74 Å². The first-order valence-corrected chi connectivity index (χ1v) is 10.9. The third-order valence-electron chi connectivity index (χ3n) is 5.19. The van der Waals surface area contributed by atoms with Crippen LogP contribution in [-0.4, -0.2) is 24.9 Å². The first kappa shape index (κ1) is 19.3. The van der Waals surface area contributed by atoms with Crippen molar-refractivity contribution in [3.05, 3.63) is 59.7 Å². The van der Waals surface area contributed by atoms with E-state index in [4.69, 9.17) is 4.74 Å². The molecule has 0 saturated heterocycles. The lowest BCUT2D eigenvalue weighted by atomic mass is 9.88. The number of thioether (sulfide) groups is 1. The highest BCUT2D eigenvalue weighted by molar-refractivity contribution is 7.98. The summed E-state index contributed by atoms with van der Waals surface area (Å²) in [5, 5.41) is 3.74. The van der Waals surface area contributed by atoms with Gasteiger partial charge in [0.15, 0.2) is 0 Å². The zero-order valence-corrected chi connectivity index (χ0v) is 17.1. The van der Waals surface area contributed by atoms with Crippen LogP contribution < -0.4 is 10.1 Å². The first-order chi connectivity index (χ1) is 12.6. The Bertz CT molecular complexity index is 688. The van der Waals surface area contributed by atoms with E-state index in [9.17, 15) is 0 Å². The predicted octanol–water partition coefficient (Wildman–Crippen LogP) is 5.35. The zero-order chi connectivity index (χ0) is 18.4. The quantitative estimate of drug-likeness (QED) is 0.475. The van der Waals surface area contributed by atoms with Crippen LogP contribution >= 0.6 is 11.8 Å². The highest BCUT2D eigenvalue weighted by atomic mass is 32.2. The van der Waals surface area contributed by atoms with Crippen LogP contribution in [0.3, 0.4) is 0 Å². The van der Waals surface area contributed by atoms with Crippen molar-refractivity contribution in [1.29, 1.82) is 0 Å². The van der Waals surface area contributed by atoms with Gasteiger partial charge in [0.2, 0.25) is 0 Å². The second-order valence-electron chi connectivity index (χ2n) is 7.91. The van der Waals surface area contributed by atoms with Crippen molar-refractivity contribution in [3.63, 3.8) is 0 Å². The summed E-state index contributed by atoms with van der Waals surface area (Å²) in [7, 11) is 0. The molecular formula is C23H31NOS. The Morgan fingerprint density at radius 3 is 2.38 bits per heavy atom. The van der Waals surface area contributed by atoms with E-state index in [1.54, 1.807) is 22.9 Å². The van der Waals surface area contributed by atoms with Crippen LogP contribution in [0.4, 0.5) is 0 Å². The summed E-state index contributed by atoms with van der Waals surface area (Å²) in [6.45, 7) is 6.42. The molecule has 2 aromatic rings. The Hall–Kier alpha value is -1.45. The van der Waals surface area contributed by atoms with Gasteiger partial charge in [-0.2, -0.15) is 0 Å². The number of hydrogen-bond acceptors (Lipinski definition) is 3. The van der Waals surface area contributed by atoms with Crippen LogP contribution in [0.5, 0.6) is 5.75 Å². The van der Waals surface area contributed by atoms with E-state index >= 15 is 0 Å². The van der Waals surface area contributed by atoms with Gasteiger partial charge in [0.1, 0.15) is 5.75 Å². The van der Waals surface area contributed by atoms with Gasteiger partial charge in [-0.1, -0.05) is 36.4 Å². The highest BCUT2D eigenvalue weighted by Gasteiger charge is 2.27. The maximum atomic E-state index is 5.96. The van der Waals surface area contributed by atoms with Crippen molar-refractivity contribution in [3.8, 4) is 5.75 Å². The molecule has 0 bridgehead atoms. The molecule has 0 aliphatic heterocycles. The molecule has 0 spiro atoms. The first-order valence-electron chi connectivity index (χ1n) is 9.65. The lowest BCUT2D eigenvalue weighted by Gasteiger charge is -2.29. The van der Waals surface area contributed by atoms with Crippen LogP contribution in [0.1, 0.15) is 37.8 Å².